The number of benzene rings is 1. The van der Waals surface area contributed by atoms with Gasteiger partial charge in [-0.3, -0.25) is 14.6 Å². The van der Waals surface area contributed by atoms with Crippen LogP contribution in [0, 0.1) is 5.92 Å². The molecule has 0 radical (unpaired) electrons. The number of carbonyl (C=O) groups excluding carboxylic acids is 2. The van der Waals surface area contributed by atoms with Crippen molar-refractivity contribution in [2.24, 2.45) is 5.92 Å². The molecule has 0 saturated carbocycles. The maximum Gasteiger partial charge on any atom is 0.270 e. The van der Waals surface area contributed by atoms with Crippen LogP contribution in [0.3, 0.4) is 0 Å². The fourth-order valence-corrected chi connectivity index (χ4v) is 4.86. The van der Waals surface area contributed by atoms with Crippen LogP contribution in [0.25, 0.3) is 10.9 Å². The summed E-state index contributed by atoms with van der Waals surface area (Å²) < 4.78 is 0. The Hall–Kier alpha value is -3.15. The Balaban J connectivity index is 1.33. The first-order valence-corrected chi connectivity index (χ1v) is 10.3. The van der Waals surface area contributed by atoms with Gasteiger partial charge in [-0.2, -0.15) is 0 Å². The predicted octanol–water partition coefficient (Wildman–Crippen LogP) is 3.33. The fraction of sp³-hybridized carbons (Fsp3) is 0.348. The molecule has 2 aliphatic rings. The topological polar surface area (TPSA) is 69.3 Å². The first kappa shape index (κ1) is 17.9. The predicted molar refractivity (Wildman–Crippen MR) is 111 cm³/mol. The van der Waals surface area contributed by atoms with Crippen LogP contribution in [0.1, 0.15) is 40.1 Å². The van der Waals surface area contributed by atoms with Gasteiger partial charge in [-0.1, -0.05) is 18.2 Å². The van der Waals surface area contributed by atoms with Crippen molar-refractivity contribution in [2.75, 3.05) is 19.6 Å². The zero-order chi connectivity index (χ0) is 19.8. The fourth-order valence-electron chi connectivity index (χ4n) is 4.86. The van der Waals surface area contributed by atoms with E-state index in [4.69, 9.17) is 0 Å². The van der Waals surface area contributed by atoms with E-state index in [-0.39, 0.29) is 17.9 Å². The van der Waals surface area contributed by atoms with Crippen molar-refractivity contribution in [3.8, 4) is 0 Å². The molecule has 0 aliphatic carbocycles. The van der Waals surface area contributed by atoms with Gasteiger partial charge < -0.3 is 14.8 Å². The van der Waals surface area contributed by atoms with Crippen molar-refractivity contribution in [2.45, 2.75) is 25.3 Å². The molecule has 29 heavy (non-hydrogen) atoms. The van der Waals surface area contributed by atoms with Crippen LogP contribution >= 0.6 is 0 Å². The summed E-state index contributed by atoms with van der Waals surface area (Å²) in [4.78, 5) is 37.3. The molecule has 148 valence electrons. The second-order valence-corrected chi connectivity index (χ2v) is 8.01. The Bertz CT molecular complexity index is 1010. The molecule has 2 amide bonds. The first-order valence-electron chi connectivity index (χ1n) is 10.3. The number of hydrogen-bond acceptors (Lipinski definition) is 3. The van der Waals surface area contributed by atoms with E-state index in [1.54, 1.807) is 24.5 Å². The molecule has 2 saturated heterocycles. The quantitative estimate of drug-likeness (QED) is 0.732. The number of likely N-dealkylation sites (tertiary alicyclic amines) is 2. The van der Waals surface area contributed by atoms with Gasteiger partial charge in [-0.15, -0.1) is 0 Å². The molecule has 4 heterocycles. The molecule has 2 aromatic heterocycles. The Morgan fingerprint density at radius 3 is 2.66 bits per heavy atom. The van der Waals surface area contributed by atoms with Crippen LogP contribution in [0.5, 0.6) is 0 Å². The monoisotopic (exact) mass is 388 g/mol. The summed E-state index contributed by atoms with van der Waals surface area (Å²) in [6.07, 6.45) is 6.17. The minimum Gasteiger partial charge on any atom is -0.351 e. The van der Waals surface area contributed by atoms with Crippen LogP contribution in [-0.4, -0.2) is 57.3 Å². The van der Waals surface area contributed by atoms with Gasteiger partial charge in [0.2, 0.25) is 0 Å². The highest BCUT2D eigenvalue weighted by Gasteiger charge is 2.39. The van der Waals surface area contributed by atoms with Gasteiger partial charge in [-0.05, 0) is 49.4 Å². The van der Waals surface area contributed by atoms with Gasteiger partial charge in [0.25, 0.3) is 11.8 Å². The summed E-state index contributed by atoms with van der Waals surface area (Å²) in [6, 6.07) is 13.6. The number of nitrogens with one attached hydrogen (secondary N) is 1. The number of aromatic nitrogens is 2. The number of rotatable bonds is 2. The third-order valence-corrected chi connectivity index (χ3v) is 6.30. The Morgan fingerprint density at radius 2 is 1.83 bits per heavy atom. The lowest BCUT2D eigenvalue weighted by Crippen LogP contribution is -2.56. The summed E-state index contributed by atoms with van der Waals surface area (Å²) in [7, 11) is 0. The van der Waals surface area contributed by atoms with E-state index in [0.717, 1.165) is 36.7 Å². The number of piperidine rings is 2. The van der Waals surface area contributed by atoms with Crippen molar-refractivity contribution in [3.63, 3.8) is 0 Å². The minimum atomic E-state index is 0.0601. The van der Waals surface area contributed by atoms with Crippen molar-refractivity contribution < 1.29 is 9.59 Å². The number of nitrogens with zero attached hydrogens (tertiary/aromatic N) is 3. The van der Waals surface area contributed by atoms with Gasteiger partial charge in [0.1, 0.15) is 5.69 Å². The third-order valence-electron chi connectivity index (χ3n) is 6.30. The van der Waals surface area contributed by atoms with E-state index in [1.165, 1.54) is 0 Å². The van der Waals surface area contributed by atoms with Crippen LogP contribution in [-0.2, 0) is 0 Å². The highest BCUT2D eigenvalue weighted by molar-refractivity contribution is 5.98. The number of amides is 2. The number of pyridine rings is 1. The van der Waals surface area contributed by atoms with Crippen molar-refractivity contribution in [1.82, 2.24) is 19.8 Å². The van der Waals surface area contributed by atoms with Crippen LogP contribution < -0.4 is 0 Å². The lowest BCUT2D eigenvalue weighted by molar-refractivity contribution is 0.0194. The Labute approximate surface area is 169 Å². The molecule has 6 nitrogen and oxygen atoms in total. The molecular formula is C23H24N4O2. The smallest absolute Gasteiger partial charge is 0.270 e. The van der Waals surface area contributed by atoms with E-state index >= 15 is 0 Å². The van der Waals surface area contributed by atoms with Crippen LogP contribution in [0.2, 0.25) is 0 Å². The first-order chi connectivity index (χ1) is 14.2. The molecule has 2 fully saturated rings. The third kappa shape index (κ3) is 3.28. The van der Waals surface area contributed by atoms with Crippen LogP contribution in [0.4, 0.5) is 0 Å². The molecule has 2 aliphatic heterocycles. The van der Waals surface area contributed by atoms with Crippen molar-refractivity contribution in [1.29, 1.82) is 0 Å². The maximum atomic E-state index is 13.3. The van der Waals surface area contributed by atoms with Crippen LogP contribution in [0.15, 0.2) is 54.9 Å². The summed E-state index contributed by atoms with van der Waals surface area (Å²) in [6.45, 7) is 2.18. The summed E-state index contributed by atoms with van der Waals surface area (Å²) >= 11 is 0. The second-order valence-electron chi connectivity index (χ2n) is 8.01. The highest BCUT2D eigenvalue weighted by atomic mass is 16.2. The number of H-pyrrole nitrogens is 1. The summed E-state index contributed by atoms with van der Waals surface area (Å²) in [5.41, 5.74) is 2.32. The lowest BCUT2D eigenvalue weighted by atomic mass is 9.83. The summed E-state index contributed by atoms with van der Waals surface area (Å²) in [5, 5.41) is 1.06. The lowest BCUT2D eigenvalue weighted by Gasteiger charge is -2.47. The minimum absolute atomic E-state index is 0.0601. The normalized spacial score (nSPS) is 21.8. The average Bonchev–Trinajstić information content (AvgIpc) is 3.22. The number of para-hydroxylation sites is 1. The number of aromatic amines is 1. The molecule has 3 aromatic rings. The molecule has 0 unspecified atom stereocenters. The number of fused-ring (bicyclic) bond motifs is 2. The van der Waals surface area contributed by atoms with E-state index in [2.05, 4.69) is 9.97 Å². The highest BCUT2D eigenvalue weighted by Crippen LogP contribution is 2.32. The molecule has 2 atom stereocenters. The molecular weight excluding hydrogens is 364 g/mol. The van der Waals surface area contributed by atoms with Gasteiger partial charge in [0, 0.05) is 54.5 Å². The maximum absolute atomic E-state index is 13.3. The summed E-state index contributed by atoms with van der Waals surface area (Å²) in [5.74, 6) is 0.464. The largest absolute Gasteiger partial charge is 0.351 e. The Kier molecular flexibility index (Phi) is 4.54. The molecule has 5 rings (SSSR count). The molecule has 0 bridgehead atoms. The van der Waals surface area contributed by atoms with E-state index in [1.807, 2.05) is 40.1 Å². The van der Waals surface area contributed by atoms with Gasteiger partial charge in [-0.25, -0.2) is 0 Å². The van der Waals surface area contributed by atoms with E-state index in [9.17, 15) is 9.59 Å². The van der Waals surface area contributed by atoms with Gasteiger partial charge in [0.15, 0.2) is 0 Å². The molecule has 1 aromatic carbocycles. The van der Waals surface area contributed by atoms with E-state index < -0.39 is 0 Å². The molecule has 1 N–H and O–H groups in total. The van der Waals surface area contributed by atoms with Crippen molar-refractivity contribution in [3.05, 3.63) is 66.1 Å². The standard InChI is InChI=1S/C23H24N4O2/c28-22(16-7-10-24-11-8-16)26-13-9-21-18(15-26)5-3-12-27(21)23(29)20-14-17-4-1-2-6-19(17)25-20/h1-2,4,6-8,10-11,14,18,21,25H,3,5,9,12-13,15H2/t18-,21-/m1/s1. The average molecular weight is 388 g/mol. The van der Waals surface area contributed by atoms with Gasteiger partial charge in [0.05, 0.1) is 0 Å². The number of hydrogen-bond donors (Lipinski definition) is 1. The molecule has 0 spiro atoms. The number of carbonyl (C=O) groups is 2. The molecule has 6 heteroatoms. The zero-order valence-electron chi connectivity index (χ0n) is 16.3. The second kappa shape index (κ2) is 7.35. The van der Waals surface area contributed by atoms with E-state index in [0.29, 0.717) is 30.3 Å². The Morgan fingerprint density at radius 1 is 1.00 bits per heavy atom. The van der Waals surface area contributed by atoms with Gasteiger partial charge >= 0.3 is 0 Å². The zero-order valence-corrected chi connectivity index (χ0v) is 16.3. The SMILES string of the molecule is O=C(c1ccncc1)N1CC[C@@H]2[C@H](CCCN2C(=O)c2cc3ccccc3[nH]2)C1. The van der Waals surface area contributed by atoms with Crippen molar-refractivity contribution >= 4 is 22.7 Å².